The van der Waals surface area contributed by atoms with Crippen LogP contribution in [-0.4, -0.2) is 16.5 Å². The van der Waals surface area contributed by atoms with Gasteiger partial charge in [-0.25, -0.2) is 9.97 Å². The van der Waals surface area contributed by atoms with Gasteiger partial charge in [-0.2, -0.15) is 0 Å². The third kappa shape index (κ3) is 3.88. The van der Waals surface area contributed by atoms with Crippen LogP contribution in [0.5, 0.6) is 0 Å². The van der Waals surface area contributed by atoms with Crippen molar-refractivity contribution in [1.82, 2.24) is 9.97 Å². The quantitative estimate of drug-likeness (QED) is 0.304. The lowest BCUT2D eigenvalue weighted by Crippen LogP contribution is -1.78. The summed E-state index contributed by atoms with van der Waals surface area (Å²) in [5.74, 6) is 0. The topological polar surface area (TPSA) is 74.5 Å². The molecule has 13 heavy (non-hydrogen) atoms. The summed E-state index contributed by atoms with van der Waals surface area (Å²) in [5, 5.41) is 3.40. The maximum atomic E-state index is 8.00. The second-order valence-corrected chi connectivity index (χ2v) is 2.32. The molecule has 0 aromatic carbocycles. The number of hydrogen-bond acceptors (Lipinski definition) is 3. The van der Waals surface area contributed by atoms with Crippen molar-refractivity contribution < 1.29 is 0 Å². The molecule has 0 bridgehead atoms. The van der Waals surface area contributed by atoms with Crippen LogP contribution in [0.3, 0.4) is 0 Å². The largest absolute Gasteiger partial charge is 0.244 e. The van der Waals surface area contributed by atoms with Gasteiger partial charge in [-0.3, -0.25) is 0 Å². The molecular formula is C8H9N5. The van der Waals surface area contributed by atoms with Gasteiger partial charge in [-0.1, -0.05) is 17.3 Å². The molecule has 0 saturated carbocycles. The molecule has 0 aliphatic carbocycles. The first-order valence-electron chi connectivity index (χ1n) is 3.86. The van der Waals surface area contributed by atoms with E-state index >= 15 is 0 Å². The molecule has 1 heterocycles. The van der Waals surface area contributed by atoms with E-state index in [0.29, 0.717) is 6.54 Å². The molecule has 66 valence electrons. The lowest BCUT2D eigenvalue weighted by Gasteiger charge is -1.88. The number of hydrogen-bond donors (Lipinski definition) is 0. The third-order valence-electron chi connectivity index (χ3n) is 1.35. The molecule has 0 N–H and O–H groups in total. The molecule has 0 amide bonds. The Morgan fingerprint density at radius 2 is 2.23 bits per heavy atom. The minimum Gasteiger partial charge on any atom is -0.244 e. The van der Waals surface area contributed by atoms with Gasteiger partial charge in [0.1, 0.15) is 6.33 Å². The summed E-state index contributed by atoms with van der Waals surface area (Å²) in [4.78, 5) is 10.4. The summed E-state index contributed by atoms with van der Waals surface area (Å²) in [6.45, 7) is 0.487. The first kappa shape index (κ1) is 9.22. The molecule has 5 heteroatoms. The highest BCUT2D eigenvalue weighted by Gasteiger charge is 1.83. The molecule has 1 aromatic rings. The molecule has 0 aliphatic rings. The monoisotopic (exact) mass is 175 g/mol. The van der Waals surface area contributed by atoms with Crippen LogP contribution in [0.1, 0.15) is 12.0 Å². The summed E-state index contributed by atoms with van der Waals surface area (Å²) < 4.78 is 0. The molecule has 1 rings (SSSR count). The highest BCUT2D eigenvalue weighted by Crippen LogP contribution is 1.97. The Hall–Kier alpha value is -1.87. The van der Waals surface area contributed by atoms with Crippen molar-refractivity contribution in [1.29, 1.82) is 0 Å². The Labute approximate surface area is 75.8 Å². The van der Waals surface area contributed by atoms with E-state index in [1.807, 2.05) is 12.2 Å². The van der Waals surface area contributed by atoms with Crippen LogP contribution in [0, 0.1) is 0 Å². The first-order chi connectivity index (χ1) is 6.43. The van der Waals surface area contributed by atoms with Gasteiger partial charge in [0.25, 0.3) is 0 Å². The van der Waals surface area contributed by atoms with Gasteiger partial charge in [-0.15, -0.1) is 0 Å². The Bertz CT molecular complexity index is 313. The minimum atomic E-state index is 0.487. The van der Waals surface area contributed by atoms with Crippen molar-refractivity contribution in [2.24, 2.45) is 5.11 Å². The van der Waals surface area contributed by atoms with E-state index in [9.17, 15) is 0 Å². The number of nitrogens with zero attached hydrogens (tertiary/aromatic N) is 5. The van der Waals surface area contributed by atoms with Gasteiger partial charge in [0.05, 0.1) is 0 Å². The molecule has 0 aliphatic heterocycles. The second kappa shape index (κ2) is 5.74. The molecular weight excluding hydrogens is 166 g/mol. The third-order valence-corrected chi connectivity index (χ3v) is 1.35. The maximum absolute atomic E-state index is 8.00. The minimum absolute atomic E-state index is 0.487. The fourth-order valence-electron chi connectivity index (χ4n) is 0.793. The van der Waals surface area contributed by atoms with Gasteiger partial charge >= 0.3 is 0 Å². The molecule has 0 unspecified atom stereocenters. The fraction of sp³-hybridized carbons (Fsp3) is 0.250. The molecule has 1 aromatic heterocycles. The maximum Gasteiger partial charge on any atom is 0.115 e. The van der Waals surface area contributed by atoms with E-state index in [4.69, 9.17) is 5.53 Å². The smallest absolute Gasteiger partial charge is 0.115 e. The summed E-state index contributed by atoms with van der Waals surface area (Å²) in [6, 6.07) is 0. The fourth-order valence-corrected chi connectivity index (χ4v) is 0.793. The summed E-state index contributed by atoms with van der Waals surface area (Å²) in [6.07, 6.45) is 9.48. The van der Waals surface area contributed by atoms with Crippen molar-refractivity contribution in [3.05, 3.63) is 40.8 Å². The normalized spacial score (nSPS) is 9.85. The standard InChI is InChI=1S/C8H9N5/c9-13-12-4-2-1-3-8-5-10-7-11-6-8/h1,3,5-7H,2,4H2. The summed E-state index contributed by atoms with van der Waals surface area (Å²) in [7, 11) is 0. The molecule has 0 fully saturated rings. The Balaban J connectivity index is 2.36. The summed E-state index contributed by atoms with van der Waals surface area (Å²) in [5.41, 5.74) is 8.94. The Morgan fingerprint density at radius 3 is 2.92 bits per heavy atom. The van der Waals surface area contributed by atoms with Crippen molar-refractivity contribution in [2.45, 2.75) is 6.42 Å². The number of aromatic nitrogens is 2. The average Bonchev–Trinajstić information content (AvgIpc) is 2.19. The zero-order valence-electron chi connectivity index (χ0n) is 7.04. The van der Waals surface area contributed by atoms with Crippen molar-refractivity contribution in [3.8, 4) is 0 Å². The van der Waals surface area contributed by atoms with E-state index in [1.54, 1.807) is 12.4 Å². The Kier molecular flexibility index (Phi) is 4.07. The zero-order chi connectivity index (χ0) is 9.36. The summed E-state index contributed by atoms with van der Waals surface area (Å²) >= 11 is 0. The molecule has 5 nitrogen and oxygen atoms in total. The van der Waals surface area contributed by atoms with Crippen molar-refractivity contribution in [3.63, 3.8) is 0 Å². The highest BCUT2D eigenvalue weighted by atomic mass is 15.1. The number of rotatable bonds is 4. The predicted molar refractivity (Wildman–Crippen MR) is 49.7 cm³/mol. The van der Waals surface area contributed by atoms with Gasteiger partial charge in [-0.05, 0) is 12.0 Å². The zero-order valence-corrected chi connectivity index (χ0v) is 7.04. The molecule has 0 spiro atoms. The molecule has 0 saturated heterocycles. The van der Waals surface area contributed by atoms with Gasteiger partial charge in [0.15, 0.2) is 0 Å². The van der Waals surface area contributed by atoms with Gasteiger partial charge < -0.3 is 0 Å². The molecule has 0 atom stereocenters. The second-order valence-electron chi connectivity index (χ2n) is 2.32. The van der Waals surface area contributed by atoms with Crippen LogP contribution in [0.15, 0.2) is 29.9 Å². The average molecular weight is 175 g/mol. The lowest BCUT2D eigenvalue weighted by atomic mass is 10.3. The van der Waals surface area contributed by atoms with Crippen molar-refractivity contribution in [2.75, 3.05) is 6.54 Å². The highest BCUT2D eigenvalue weighted by molar-refractivity contribution is 5.45. The lowest BCUT2D eigenvalue weighted by molar-refractivity contribution is 0.995. The van der Waals surface area contributed by atoms with Crippen LogP contribution in [-0.2, 0) is 0 Å². The van der Waals surface area contributed by atoms with Crippen LogP contribution >= 0.6 is 0 Å². The van der Waals surface area contributed by atoms with Crippen LogP contribution in [0.2, 0.25) is 0 Å². The van der Waals surface area contributed by atoms with Crippen LogP contribution in [0.25, 0.3) is 16.5 Å². The SMILES string of the molecule is [N-]=[N+]=NCCC=Cc1cncnc1. The van der Waals surface area contributed by atoms with Crippen LogP contribution < -0.4 is 0 Å². The van der Waals surface area contributed by atoms with E-state index in [1.165, 1.54) is 6.33 Å². The van der Waals surface area contributed by atoms with E-state index in [2.05, 4.69) is 20.0 Å². The Morgan fingerprint density at radius 1 is 1.46 bits per heavy atom. The van der Waals surface area contributed by atoms with E-state index < -0.39 is 0 Å². The first-order valence-corrected chi connectivity index (χ1v) is 3.86. The molecule has 0 radical (unpaired) electrons. The van der Waals surface area contributed by atoms with E-state index in [-0.39, 0.29) is 0 Å². The van der Waals surface area contributed by atoms with Crippen LogP contribution in [0.4, 0.5) is 0 Å². The van der Waals surface area contributed by atoms with Gasteiger partial charge in [0.2, 0.25) is 0 Å². The predicted octanol–water partition coefficient (Wildman–Crippen LogP) is 2.19. The van der Waals surface area contributed by atoms with Crippen molar-refractivity contribution >= 4 is 6.08 Å². The van der Waals surface area contributed by atoms with E-state index in [0.717, 1.165) is 12.0 Å². The van der Waals surface area contributed by atoms with Gasteiger partial charge in [0, 0.05) is 29.4 Å². The number of azide groups is 1.